The van der Waals surface area contributed by atoms with E-state index in [1.807, 2.05) is 6.07 Å². The molecule has 2 atom stereocenters. The molecule has 0 N–H and O–H groups in total. The first kappa shape index (κ1) is 14.0. The van der Waals surface area contributed by atoms with Gasteiger partial charge in [-0.15, -0.1) is 0 Å². The largest absolute Gasteiger partial charge is 0.375 e. The number of likely N-dealkylation sites (N-methyl/N-ethyl adjacent to an activating group) is 1. The first-order chi connectivity index (χ1) is 9.22. The minimum atomic E-state index is 0.109. The molecule has 102 valence electrons. The summed E-state index contributed by atoms with van der Waals surface area (Å²) in [4.78, 5) is 2.35. The van der Waals surface area contributed by atoms with Crippen molar-refractivity contribution in [2.24, 2.45) is 0 Å². The standard InChI is InChI=1S/C17H23NO/c1-14(18(2)13-15-9-7-8-10-15)17(19-3)16-11-5-4-6-12-16/h4-7,9-12,14,17H,8,13H2,1-3H3/t14-,17-/m0/s1. The molecule has 0 aromatic heterocycles. The summed E-state index contributed by atoms with van der Waals surface area (Å²) in [6.07, 6.45) is 7.89. The quantitative estimate of drug-likeness (QED) is 0.772. The maximum atomic E-state index is 5.70. The summed E-state index contributed by atoms with van der Waals surface area (Å²) in [5.41, 5.74) is 2.64. The maximum absolute atomic E-state index is 5.70. The zero-order valence-corrected chi connectivity index (χ0v) is 12.0. The SMILES string of the molecule is CO[C@H](c1ccccc1)[C@H](C)N(C)CC1=CCC=C1. The Hall–Kier alpha value is -1.38. The summed E-state index contributed by atoms with van der Waals surface area (Å²) >= 11 is 0. The molecule has 0 spiro atoms. The molecule has 2 rings (SSSR count). The Morgan fingerprint density at radius 1 is 1.26 bits per heavy atom. The molecule has 2 nitrogen and oxygen atoms in total. The maximum Gasteiger partial charge on any atom is 0.0973 e. The summed E-state index contributed by atoms with van der Waals surface area (Å²) in [7, 11) is 3.95. The minimum absolute atomic E-state index is 0.109. The summed E-state index contributed by atoms with van der Waals surface area (Å²) in [5, 5.41) is 0. The molecule has 0 amide bonds. The van der Waals surface area contributed by atoms with Crippen LogP contribution in [0.3, 0.4) is 0 Å². The number of methoxy groups -OCH3 is 1. The Kier molecular flexibility index (Phi) is 4.94. The molecule has 1 aromatic rings. The second-order valence-corrected chi connectivity index (χ2v) is 5.14. The van der Waals surface area contributed by atoms with Crippen LogP contribution in [0.5, 0.6) is 0 Å². The van der Waals surface area contributed by atoms with Gasteiger partial charge in [-0.25, -0.2) is 0 Å². The molecule has 2 heteroatoms. The number of hydrogen-bond acceptors (Lipinski definition) is 2. The molecule has 0 unspecified atom stereocenters. The van der Waals surface area contributed by atoms with E-state index < -0.39 is 0 Å². The summed E-state index contributed by atoms with van der Waals surface area (Å²) < 4.78 is 5.70. The number of allylic oxidation sites excluding steroid dienone is 2. The highest BCUT2D eigenvalue weighted by Crippen LogP contribution is 2.24. The Balaban J connectivity index is 2.03. The van der Waals surface area contributed by atoms with Crippen LogP contribution in [-0.4, -0.2) is 31.6 Å². The Morgan fingerprint density at radius 2 is 2.00 bits per heavy atom. The highest BCUT2D eigenvalue weighted by atomic mass is 16.5. The fourth-order valence-corrected chi connectivity index (χ4v) is 2.54. The van der Waals surface area contributed by atoms with Crippen LogP contribution in [0, 0.1) is 0 Å². The molecule has 1 aliphatic carbocycles. The zero-order valence-electron chi connectivity index (χ0n) is 12.0. The number of benzene rings is 1. The van der Waals surface area contributed by atoms with Crippen molar-refractivity contribution in [1.82, 2.24) is 4.90 Å². The van der Waals surface area contributed by atoms with Gasteiger partial charge in [-0.1, -0.05) is 48.6 Å². The predicted molar refractivity (Wildman–Crippen MR) is 80.1 cm³/mol. The lowest BCUT2D eigenvalue weighted by atomic mass is 10.0. The van der Waals surface area contributed by atoms with Crippen LogP contribution >= 0.6 is 0 Å². The lowest BCUT2D eigenvalue weighted by Crippen LogP contribution is -2.36. The van der Waals surface area contributed by atoms with E-state index in [-0.39, 0.29) is 6.10 Å². The average Bonchev–Trinajstić information content (AvgIpc) is 2.93. The van der Waals surface area contributed by atoms with Gasteiger partial charge in [-0.3, -0.25) is 4.90 Å². The Labute approximate surface area is 116 Å². The molecule has 0 radical (unpaired) electrons. The fraction of sp³-hybridized carbons (Fsp3) is 0.412. The van der Waals surface area contributed by atoms with Crippen LogP contribution in [-0.2, 0) is 4.74 Å². The topological polar surface area (TPSA) is 12.5 Å². The number of rotatable bonds is 6. The van der Waals surface area contributed by atoms with Crippen molar-refractivity contribution in [3.8, 4) is 0 Å². The predicted octanol–water partition coefficient (Wildman–Crippen LogP) is 3.58. The van der Waals surface area contributed by atoms with E-state index >= 15 is 0 Å². The third-order valence-corrected chi connectivity index (χ3v) is 3.80. The molecule has 0 fully saturated rings. The van der Waals surface area contributed by atoms with Crippen LogP contribution in [0.4, 0.5) is 0 Å². The van der Waals surface area contributed by atoms with Crippen LogP contribution in [0.2, 0.25) is 0 Å². The van der Waals surface area contributed by atoms with E-state index in [4.69, 9.17) is 4.74 Å². The third-order valence-electron chi connectivity index (χ3n) is 3.80. The number of hydrogen-bond donors (Lipinski definition) is 0. The first-order valence-electron chi connectivity index (χ1n) is 6.86. The van der Waals surface area contributed by atoms with E-state index in [0.29, 0.717) is 6.04 Å². The van der Waals surface area contributed by atoms with Gasteiger partial charge in [0.05, 0.1) is 6.10 Å². The van der Waals surface area contributed by atoms with E-state index in [1.165, 1.54) is 11.1 Å². The average molecular weight is 257 g/mol. The van der Waals surface area contributed by atoms with Gasteiger partial charge in [-0.05, 0) is 31.5 Å². The van der Waals surface area contributed by atoms with E-state index in [0.717, 1.165) is 13.0 Å². The Bertz CT molecular complexity index is 450. The molecule has 0 bridgehead atoms. The molecule has 0 saturated carbocycles. The van der Waals surface area contributed by atoms with Crippen LogP contribution in [0.15, 0.2) is 54.1 Å². The smallest absolute Gasteiger partial charge is 0.0973 e. The van der Waals surface area contributed by atoms with Crippen molar-refractivity contribution < 1.29 is 4.74 Å². The van der Waals surface area contributed by atoms with Gasteiger partial charge in [0.2, 0.25) is 0 Å². The molecule has 0 heterocycles. The van der Waals surface area contributed by atoms with E-state index in [2.05, 4.69) is 61.4 Å². The molecule has 1 aliphatic rings. The summed E-state index contributed by atoms with van der Waals surface area (Å²) in [6, 6.07) is 10.8. The van der Waals surface area contributed by atoms with Crippen molar-refractivity contribution in [1.29, 1.82) is 0 Å². The fourth-order valence-electron chi connectivity index (χ4n) is 2.54. The van der Waals surface area contributed by atoms with E-state index in [9.17, 15) is 0 Å². The molecular weight excluding hydrogens is 234 g/mol. The van der Waals surface area contributed by atoms with E-state index in [1.54, 1.807) is 7.11 Å². The molecular formula is C17H23NO. The van der Waals surface area contributed by atoms with Crippen molar-refractivity contribution in [3.05, 3.63) is 59.7 Å². The highest BCUT2D eigenvalue weighted by molar-refractivity contribution is 5.27. The summed E-state index contributed by atoms with van der Waals surface area (Å²) in [5.74, 6) is 0. The second kappa shape index (κ2) is 6.69. The lowest BCUT2D eigenvalue weighted by molar-refractivity contribution is 0.0334. The molecule has 1 aromatic carbocycles. The van der Waals surface area contributed by atoms with Crippen LogP contribution in [0.25, 0.3) is 0 Å². The van der Waals surface area contributed by atoms with Gasteiger partial charge in [-0.2, -0.15) is 0 Å². The van der Waals surface area contributed by atoms with Gasteiger partial charge in [0, 0.05) is 19.7 Å². The molecule has 0 aliphatic heterocycles. The van der Waals surface area contributed by atoms with Crippen molar-refractivity contribution in [2.75, 3.05) is 20.7 Å². The van der Waals surface area contributed by atoms with Gasteiger partial charge in [0.15, 0.2) is 0 Å². The third kappa shape index (κ3) is 3.55. The minimum Gasteiger partial charge on any atom is -0.375 e. The summed E-state index contributed by atoms with van der Waals surface area (Å²) in [6.45, 7) is 3.20. The van der Waals surface area contributed by atoms with Crippen molar-refractivity contribution >= 4 is 0 Å². The van der Waals surface area contributed by atoms with Crippen LogP contribution in [0.1, 0.15) is 25.0 Å². The highest BCUT2D eigenvalue weighted by Gasteiger charge is 2.22. The second-order valence-electron chi connectivity index (χ2n) is 5.14. The normalized spacial score (nSPS) is 17.6. The first-order valence-corrected chi connectivity index (χ1v) is 6.86. The van der Waals surface area contributed by atoms with Gasteiger partial charge < -0.3 is 4.74 Å². The monoisotopic (exact) mass is 257 g/mol. The van der Waals surface area contributed by atoms with Gasteiger partial charge >= 0.3 is 0 Å². The van der Waals surface area contributed by atoms with Crippen molar-refractivity contribution in [2.45, 2.75) is 25.5 Å². The van der Waals surface area contributed by atoms with Gasteiger partial charge in [0.1, 0.15) is 0 Å². The van der Waals surface area contributed by atoms with Crippen molar-refractivity contribution in [3.63, 3.8) is 0 Å². The molecule has 19 heavy (non-hydrogen) atoms. The number of ether oxygens (including phenoxy) is 1. The molecule has 0 saturated heterocycles. The lowest BCUT2D eigenvalue weighted by Gasteiger charge is -2.31. The van der Waals surface area contributed by atoms with Crippen LogP contribution < -0.4 is 0 Å². The Morgan fingerprint density at radius 3 is 2.58 bits per heavy atom. The zero-order chi connectivity index (χ0) is 13.7. The number of nitrogens with zero attached hydrogens (tertiary/aromatic N) is 1. The van der Waals surface area contributed by atoms with Gasteiger partial charge in [0.25, 0.3) is 0 Å².